The third-order valence-electron chi connectivity index (χ3n) is 5.64. The second kappa shape index (κ2) is 6.32. The monoisotopic (exact) mass is 378 g/mol. The van der Waals surface area contributed by atoms with Gasteiger partial charge in [-0.05, 0) is 25.2 Å². The summed E-state index contributed by atoms with van der Waals surface area (Å²) < 4.78 is 16.6. The van der Waals surface area contributed by atoms with E-state index in [0.29, 0.717) is 23.4 Å². The van der Waals surface area contributed by atoms with Crippen molar-refractivity contribution in [2.75, 3.05) is 33.2 Å². The van der Waals surface area contributed by atoms with E-state index >= 15 is 4.39 Å². The van der Waals surface area contributed by atoms with E-state index in [9.17, 15) is 9.59 Å². The van der Waals surface area contributed by atoms with Gasteiger partial charge in [0, 0.05) is 38.3 Å². The molecule has 0 unspecified atom stereocenters. The predicted molar refractivity (Wildman–Crippen MR) is 104 cm³/mol. The molecule has 3 heterocycles. The number of piperazine rings is 1. The zero-order valence-electron chi connectivity index (χ0n) is 15.5. The van der Waals surface area contributed by atoms with E-state index < -0.39 is 11.4 Å². The van der Waals surface area contributed by atoms with Crippen molar-refractivity contribution in [2.24, 2.45) is 0 Å². The van der Waals surface area contributed by atoms with Crippen LogP contribution in [0, 0.1) is 5.82 Å². The van der Waals surface area contributed by atoms with Gasteiger partial charge in [-0.15, -0.1) is 0 Å². The molecule has 0 saturated carbocycles. The van der Waals surface area contributed by atoms with Gasteiger partial charge in [0.05, 0.1) is 16.8 Å². The molecule has 0 spiro atoms. The minimum atomic E-state index is -0.541. The number of aromatic nitrogens is 2. The Morgan fingerprint density at radius 3 is 2.57 bits per heavy atom. The molecule has 0 aliphatic carbocycles. The summed E-state index contributed by atoms with van der Waals surface area (Å²) in [6, 6.07) is 10.1. The van der Waals surface area contributed by atoms with Crippen LogP contribution in [0.15, 0.2) is 41.2 Å². The van der Waals surface area contributed by atoms with Crippen molar-refractivity contribution < 1.29 is 9.18 Å². The molecular formula is C21H19FN4O2. The molecule has 0 N–H and O–H groups in total. The van der Waals surface area contributed by atoms with E-state index in [1.54, 1.807) is 36.4 Å². The fourth-order valence-corrected chi connectivity index (χ4v) is 4.00. The number of carbonyl (C=O) groups excluding carboxylic acids is 1. The predicted octanol–water partition coefficient (Wildman–Crippen LogP) is 1.82. The molecule has 0 atom stereocenters. The lowest BCUT2D eigenvalue weighted by Crippen LogP contribution is -2.44. The third-order valence-corrected chi connectivity index (χ3v) is 5.64. The van der Waals surface area contributed by atoms with Gasteiger partial charge >= 0.3 is 0 Å². The third kappa shape index (κ3) is 2.51. The summed E-state index contributed by atoms with van der Waals surface area (Å²) in [5, 5.41) is -0.0557. The molecule has 2 aliphatic rings. The van der Waals surface area contributed by atoms with Crippen LogP contribution < -0.4 is 5.56 Å². The van der Waals surface area contributed by atoms with Crippen LogP contribution in [-0.4, -0.2) is 58.4 Å². The maximum atomic E-state index is 15.3. The largest absolute Gasteiger partial charge is 0.304 e. The standard InChI is InChI=1S/C21H19FN4O2/c1-24-8-10-25(11-9-24)12-13-6-7-15-17(18(13)22)21(28)26-16-5-3-2-4-14(16)19(27)20(26)23-15/h2-7H,8-12H2,1H3. The van der Waals surface area contributed by atoms with Crippen molar-refractivity contribution in [3.05, 3.63) is 69.5 Å². The van der Waals surface area contributed by atoms with E-state index in [0.717, 1.165) is 26.2 Å². The lowest BCUT2D eigenvalue weighted by atomic mass is 10.1. The van der Waals surface area contributed by atoms with Gasteiger partial charge in [-0.2, -0.15) is 0 Å². The lowest BCUT2D eigenvalue weighted by Gasteiger charge is -2.32. The second-order valence-electron chi connectivity index (χ2n) is 7.43. The van der Waals surface area contributed by atoms with Crippen molar-refractivity contribution in [3.63, 3.8) is 0 Å². The molecule has 0 amide bonds. The number of hydrogen-bond donors (Lipinski definition) is 0. The topological polar surface area (TPSA) is 58.4 Å². The molecule has 1 saturated heterocycles. The van der Waals surface area contributed by atoms with Crippen molar-refractivity contribution >= 4 is 16.7 Å². The molecule has 1 aromatic heterocycles. The van der Waals surface area contributed by atoms with E-state index in [-0.39, 0.29) is 22.5 Å². The first-order valence-corrected chi connectivity index (χ1v) is 9.34. The van der Waals surface area contributed by atoms with E-state index in [1.165, 1.54) is 4.57 Å². The SMILES string of the molecule is CN1CCN(Cc2ccc3nc4n(c(=O)c3c2F)-c2ccccc2C4=O)CC1. The molecule has 2 aliphatic heterocycles. The van der Waals surface area contributed by atoms with Gasteiger partial charge in [-0.25, -0.2) is 9.37 Å². The van der Waals surface area contributed by atoms with Crippen LogP contribution in [0.25, 0.3) is 16.6 Å². The Labute approximate surface area is 160 Å². The quantitative estimate of drug-likeness (QED) is 0.533. The van der Waals surface area contributed by atoms with Crippen LogP contribution in [0.1, 0.15) is 21.7 Å². The molecule has 142 valence electrons. The number of hydrogen-bond acceptors (Lipinski definition) is 5. The van der Waals surface area contributed by atoms with Gasteiger partial charge in [-0.1, -0.05) is 18.2 Å². The smallest absolute Gasteiger partial charge is 0.269 e. The molecular weight excluding hydrogens is 359 g/mol. The number of ketones is 1. The zero-order chi connectivity index (χ0) is 19.4. The first-order chi connectivity index (χ1) is 13.5. The average molecular weight is 378 g/mol. The number of nitrogens with zero attached hydrogens (tertiary/aromatic N) is 4. The van der Waals surface area contributed by atoms with Crippen molar-refractivity contribution in [1.82, 2.24) is 19.4 Å². The average Bonchev–Trinajstić information content (AvgIpc) is 2.98. The summed E-state index contributed by atoms with van der Waals surface area (Å²) in [5.74, 6) is -0.803. The molecule has 28 heavy (non-hydrogen) atoms. The van der Waals surface area contributed by atoms with Crippen LogP contribution in [0.4, 0.5) is 4.39 Å². The molecule has 1 fully saturated rings. The minimum absolute atomic E-state index is 0.0462. The highest BCUT2D eigenvalue weighted by atomic mass is 19.1. The molecule has 0 bridgehead atoms. The Hall–Kier alpha value is -2.90. The summed E-state index contributed by atoms with van der Waals surface area (Å²) in [6.07, 6.45) is 0. The van der Waals surface area contributed by atoms with Gasteiger partial charge in [-0.3, -0.25) is 19.1 Å². The maximum absolute atomic E-state index is 15.3. The minimum Gasteiger partial charge on any atom is -0.304 e. The Morgan fingerprint density at radius 1 is 1.04 bits per heavy atom. The van der Waals surface area contributed by atoms with Crippen molar-refractivity contribution in [3.8, 4) is 5.69 Å². The van der Waals surface area contributed by atoms with Crippen LogP contribution in [0.5, 0.6) is 0 Å². The maximum Gasteiger partial charge on any atom is 0.269 e. The molecule has 0 radical (unpaired) electrons. The summed E-state index contributed by atoms with van der Waals surface area (Å²) in [4.78, 5) is 34.5. The van der Waals surface area contributed by atoms with Crippen LogP contribution in [0.3, 0.4) is 0 Å². The molecule has 3 aromatic rings. The summed E-state index contributed by atoms with van der Waals surface area (Å²) in [7, 11) is 2.07. The first kappa shape index (κ1) is 17.2. The van der Waals surface area contributed by atoms with E-state index in [2.05, 4.69) is 21.8 Å². The number of benzene rings is 2. The van der Waals surface area contributed by atoms with E-state index in [4.69, 9.17) is 0 Å². The second-order valence-corrected chi connectivity index (χ2v) is 7.43. The number of carbonyl (C=O) groups is 1. The first-order valence-electron chi connectivity index (χ1n) is 9.34. The van der Waals surface area contributed by atoms with Crippen molar-refractivity contribution in [1.29, 1.82) is 0 Å². The Bertz CT molecular complexity index is 1180. The van der Waals surface area contributed by atoms with Gasteiger partial charge in [0.1, 0.15) is 11.2 Å². The Kier molecular flexibility index (Phi) is 3.89. The molecule has 5 rings (SSSR count). The molecule has 6 nitrogen and oxygen atoms in total. The normalized spacial score (nSPS) is 17.1. The van der Waals surface area contributed by atoms with Gasteiger partial charge in [0.25, 0.3) is 5.56 Å². The highest BCUT2D eigenvalue weighted by molar-refractivity contribution is 6.13. The fourth-order valence-electron chi connectivity index (χ4n) is 4.00. The lowest BCUT2D eigenvalue weighted by molar-refractivity contribution is 0.103. The zero-order valence-corrected chi connectivity index (χ0v) is 15.5. The van der Waals surface area contributed by atoms with Crippen LogP contribution in [-0.2, 0) is 6.54 Å². The van der Waals surface area contributed by atoms with Crippen LogP contribution >= 0.6 is 0 Å². The van der Waals surface area contributed by atoms with Gasteiger partial charge < -0.3 is 4.90 Å². The number of rotatable bonds is 2. The Balaban J connectivity index is 1.63. The number of likely N-dealkylation sites (N-methyl/N-ethyl adjacent to an activating group) is 1. The highest BCUT2D eigenvalue weighted by Crippen LogP contribution is 2.27. The van der Waals surface area contributed by atoms with Crippen LogP contribution in [0.2, 0.25) is 0 Å². The highest BCUT2D eigenvalue weighted by Gasteiger charge is 2.31. The summed E-state index contributed by atoms with van der Waals surface area (Å²) >= 11 is 0. The fraction of sp³-hybridized carbons (Fsp3) is 0.286. The van der Waals surface area contributed by atoms with Gasteiger partial charge in [0.15, 0.2) is 5.82 Å². The molecule has 2 aromatic carbocycles. The van der Waals surface area contributed by atoms with Crippen molar-refractivity contribution in [2.45, 2.75) is 6.54 Å². The molecule has 7 heteroatoms. The number of para-hydroxylation sites is 1. The number of halogens is 1. The summed E-state index contributed by atoms with van der Waals surface area (Å²) in [6.45, 7) is 4.04. The van der Waals surface area contributed by atoms with Gasteiger partial charge in [0.2, 0.25) is 5.78 Å². The summed E-state index contributed by atoms with van der Waals surface area (Å²) in [5.41, 5.74) is 1.05. The van der Waals surface area contributed by atoms with E-state index in [1.807, 2.05) is 0 Å². The Morgan fingerprint density at radius 2 is 1.79 bits per heavy atom. The number of fused-ring (bicyclic) bond motifs is 4.